The molecule has 0 bridgehead atoms. The second kappa shape index (κ2) is 4.80. The molecule has 0 aliphatic heterocycles. The normalized spacial score (nSPS) is 15.2. The van der Waals surface area contributed by atoms with E-state index in [0.717, 1.165) is 6.26 Å². The molecule has 0 saturated heterocycles. The van der Waals surface area contributed by atoms with Gasteiger partial charge in [0.15, 0.2) is 0 Å². The van der Waals surface area contributed by atoms with Crippen molar-refractivity contribution < 1.29 is 17.5 Å². The first-order valence-corrected chi connectivity index (χ1v) is 6.62. The Morgan fingerprint density at radius 2 is 1.88 bits per heavy atom. The minimum Gasteiger partial charge on any atom is -0.264 e. The topological polar surface area (TPSA) is 86.5 Å². The maximum atomic E-state index is 11.1. The molecule has 0 radical (unpaired) electrons. The molecule has 0 aliphatic rings. The second-order valence-corrected chi connectivity index (χ2v) is 5.51. The van der Waals surface area contributed by atoms with Crippen LogP contribution < -0.4 is 0 Å². The van der Waals surface area contributed by atoms with E-state index in [1.54, 1.807) is 30.3 Å². The lowest BCUT2D eigenvalue weighted by molar-refractivity contribution is -0.577. The molecular weight excluding hydrogens is 246 g/mol. The van der Waals surface area contributed by atoms with Crippen molar-refractivity contribution in [2.24, 2.45) is 0 Å². The van der Waals surface area contributed by atoms with Crippen LogP contribution in [0.1, 0.15) is 12.5 Å². The summed E-state index contributed by atoms with van der Waals surface area (Å²) in [4.78, 5) is 10.5. The van der Waals surface area contributed by atoms with Crippen molar-refractivity contribution in [3.8, 4) is 0 Å². The zero-order valence-corrected chi connectivity index (χ0v) is 10.3. The van der Waals surface area contributed by atoms with Crippen LogP contribution in [0, 0.1) is 10.1 Å². The Kier molecular flexibility index (Phi) is 3.84. The lowest BCUT2D eigenvalue weighted by atomic mass is 9.94. The standard InChI is InChI=1S/C10H13NO5S/c1-10(11(12)13,8-16-17(2,14)15)9-6-4-3-5-7-9/h3-7H,8H2,1-2H3. The summed E-state index contributed by atoms with van der Waals surface area (Å²) in [6.45, 7) is 0.802. The molecule has 7 heteroatoms. The zero-order valence-electron chi connectivity index (χ0n) is 9.49. The van der Waals surface area contributed by atoms with Crippen LogP contribution in [0.15, 0.2) is 30.3 Å². The summed E-state index contributed by atoms with van der Waals surface area (Å²) in [6.07, 6.45) is 0.859. The third kappa shape index (κ3) is 3.50. The maximum Gasteiger partial charge on any atom is 0.268 e. The molecule has 1 atom stereocenters. The monoisotopic (exact) mass is 259 g/mol. The Balaban J connectivity index is 3.03. The van der Waals surface area contributed by atoms with Crippen molar-refractivity contribution in [1.82, 2.24) is 0 Å². The van der Waals surface area contributed by atoms with Gasteiger partial charge < -0.3 is 0 Å². The van der Waals surface area contributed by atoms with Gasteiger partial charge in [0.2, 0.25) is 0 Å². The summed E-state index contributed by atoms with van der Waals surface area (Å²) in [5.74, 6) is 0. The fourth-order valence-corrected chi connectivity index (χ4v) is 1.70. The van der Waals surface area contributed by atoms with E-state index in [2.05, 4.69) is 4.18 Å². The van der Waals surface area contributed by atoms with Crippen LogP contribution in [-0.4, -0.2) is 26.2 Å². The van der Waals surface area contributed by atoms with E-state index in [1.807, 2.05) is 0 Å². The highest BCUT2D eigenvalue weighted by molar-refractivity contribution is 7.85. The zero-order chi connectivity index (χ0) is 13.1. The molecule has 1 unspecified atom stereocenters. The van der Waals surface area contributed by atoms with Gasteiger partial charge in [0.25, 0.3) is 15.7 Å². The van der Waals surface area contributed by atoms with Crippen LogP contribution in [0.3, 0.4) is 0 Å². The summed E-state index contributed by atoms with van der Waals surface area (Å²) >= 11 is 0. The lowest BCUT2D eigenvalue weighted by Gasteiger charge is -2.20. The van der Waals surface area contributed by atoms with Crippen molar-refractivity contribution in [2.45, 2.75) is 12.5 Å². The number of nitrogens with zero attached hydrogens (tertiary/aromatic N) is 1. The molecule has 1 rings (SSSR count). The van der Waals surface area contributed by atoms with Gasteiger partial charge in [0.05, 0.1) is 6.26 Å². The summed E-state index contributed by atoms with van der Waals surface area (Å²) < 4.78 is 26.3. The third-order valence-electron chi connectivity index (χ3n) is 2.35. The van der Waals surface area contributed by atoms with E-state index < -0.39 is 27.2 Å². The highest BCUT2D eigenvalue weighted by Gasteiger charge is 2.40. The number of nitro groups is 1. The average Bonchev–Trinajstić information content (AvgIpc) is 2.26. The number of rotatable bonds is 5. The van der Waals surface area contributed by atoms with Gasteiger partial charge in [-0.25, -0.2) is 0 Å². The van der Waals surface area contributed by atoms with Crippen LogP contribution >= 0.6 is 0 Å². The van der Waals surface area contributed by atoms with E-state index in [4.69, 9.17) is 0 Å². The first-order chi connectivity index (χ1) is 7.76. The Bertz CT molecular complexity index is 499. The van der Waals surface area contributed by atoms with Crippen LogP contribution in [0.25, 0.3) is 0 Å². The Labute approximate surface area is 99.5 Å². The number of hydrogen-bond donors (Lipinski definition) is 0. The molecule has 0 N–H and O–H groups in total. The molecule has 0 fully saturated rings. The van der Waals surface area contributed by atoms with Crippen molar-refractivity contribution in [3.05, 3.63) is 46.0 Å². The summed E-state index contributed by atoms with van der Waals surface area (Å²) in [7, 11) is -3.70. The predicted molar refractivity (Wildman–Crippen MR) is 61.6 cm³/mol. The summed E-state index contributed by atoms with van der Waals surface area (Å²) in [5.41, 5.74) is -1.18. The SMILES string of the molecule is CC(COS(C)(=O)=O)(c1ccccc1)[N+](=O)[O-]. The van der Waals surface area contributed by atoms with Gasteiger partial charge in [0, 0.05) is 17.4 Å². The molecule has 6 nitrogen and oxygen atoms in total. The van der Waals surface area contributed by atoms with Crippen molar-refractivity contribution in [2.75, 3.05) is 12.9 Å². The molecule has 0 saturated carbocycles. The molecule has 0 heterocycles. The highest BCUT2D eigenvalue weighted by Crippen LogP contribution is 2.25. The van der Waals surface area contributed by atoms with Gasteiger partial charge in [0.1, 0.15) is 6.61 Å². The van der Waals surface area contributed by atoms with E-state index in [1.165, 1.54) is 6.92 Å². The summed E-state index contributed by atoms with van der Waals surface area (Å²) in [5, 5.41) is 11.1. The van der Waals surface area contributed by atoms with E-state index in [0.29, 0.717) is 5.56 Å². The first kappa shape index (κ1) is 13.6. The quantitative estimate of drug-likeness (QED) is 0.450. The fourth-order valence-electron chi connectivity index (χ4n) is 1.26. The molecular formula is C10H13NO5S. The second-order valence-electron chi connectivity index (χ2n) is 3.86. The lowest BCUT2D eigenvalue weighted by Crippen LogP contribution is -2.37. The number of hydrogen-bond acceptors (Lipinski definition) is 5. The maximum absolute atomic E-state index is 11.1. The van der Waals surface area contributed by atoms with Crippen molar-refractivity contribution in [3.63, 3.8) is 0 Å². The van der Waals surface area contributed by atoms with Gasteiger partial charge in [-0.15, -0.1) is 0 Å². The molecule has 17 heavy (non-hydrogen) atoms. The number of benzene rings is 1. The van der Waals surface area contributed by atoms with Crippen LogP contribution in [-0.2, 0) is 19.8 Å². The molecule has 0 amide bonds. The largest absolute Gasteiger partial charge is 0.268 e. The van der Waals surface area contributed by atoms with E-state index in [9.17, 15) is 18.5 Å². The minimum absolute atomic E-state index is 0.397. The van der Waals surface area contributed by atoms with Crippen LogP contribution in [0.2, 0.25) is 0 Å². The Morgan fingerprint density at radius 1 is 1.35 bits per heavy atom. The molecule has 1 aromatic rings. The van der Waals surface area contributed by atoms with Gasteiger partial charge in [-0.1, -0.05) is 30.3 Å². The molecule has 0 aromatic heterocycles. The summed E-state index contributed by atoms with van der Waals surface area (Å²) in [6, 6.07) is 8.15. The van der Waals surface area contributed by atoms with Crippen LogP contribution in [0.5, 0.6) is 0 Å². The molecule has 1 aromatic carbocycles. The van der Waals surface area contributed by atoms with Crippen LogP contribution in [0.4, 0.5) is 0 Å². The highest BCUT2D eigenvalue weighted by atomic mass is 32.2. The smallest absolute Gasteiger partial charge is 0.264 e. The predicted octanol–water partition coefficient (Wildman–Crippen LogP) is 1.15. The Morgan fingerprint density at radius 3 is 2.29 bits per heavy atom. The first-order valence-electron chi connectivity index (χ1n) is 4.80. The minimum atomic E-state index is -3.70. The van der Waals surface area contributed by atoms with Crippen molar-refractivity contribution in [1.29, 1.82) is 0 Å². The van der Waals surface area contributed by atoms with Gasteiger partial charge in [-0.3, -0.25) is 14.3 Å². The average molecular weight is 259 g/mol. The molecule has 0 spiro atoms. The van der Waals surface area contributed by atoms with Gasteiger partial charge in [-0.05, 0) is 0 Å². The van der Waals surface area contributed by atoms with E-state index in [-0.39, 0.29) is 0 Å². The van der Waals surface area contributed by atoms with E-state index >= 15 is 0 Å². The van der Waals surface area contributed by atoms with Crippen molar-refractivity contribution >= 4 is 10.1 Å². The van der Waals surface area contributed by atoms with Gasteiger partial charge >= 0.3 is 0 Å². The third-order valence-corrected chi connectivity index (χ3v) is 2.90. The molecule has 0 aliphatic carbocycles. The fraction of sp³-hybridized carbons (Fsp3) is 0.400. The van der Waals surface area contributed by atoms with Gasteiger partial charge in [-0.2, -0.15) is 8.42 Å². The Hall–Kier alpha value is -1.47. The molecule has 94 valence electrons.